The van der Waals surface area contributed by atoms with E-state index in [1.54, 1.807) is 19.2 Å². The first kappa shape index (κ1) is 21.7. The molecule has 3 nitrogen and oxygen atoms in total. The molecule has 0 saturated heterocycles. The summed E-state index contributed by atoms with van der Waals surface area (Å²) in [5.74, 6) is 0.130. The van der Waals surface area contributed by atoms with Crippen LogP contribution in [0, 0.1) is 16.2 Å². The van der Waals surface area contributed by atoms with Gasteiger partial charge in [0, 0.05) is 11.0 Å². The summed E-state index contributed by atoms with van der Waals surface area (Å²) in [5.41, 5.74) is 5.46. The molecule has 4 fully saturated rings. The van der Waals surface area contributed by atoms with Gasteiger partial charge in [0.2, 0.25) is 0 Å². The second-order valence-corrected chi connectivity index (χ2v) is 12.8. The Morgan fingerprint density at radius 1 is 0.735 bits per heavy atom. The summed E-state index contributed by atoms with van der Waals surface area (Å²) in [6.45, 7) is 7.59. The van der Waals surface area contributed by atoms with E-state index in [2.05, 4.69) is 51.1 Å². The lowest BCUT2D eigenvalue weighted by atomic mass is 9.35. The molecule has 34 heavy (non-hydrogen) atoms. The number of benzene rings is 3. The molecule has 4 saturated carbocycles. The zero-order valence-corrected chi connectivity index (χ0v) is 20.7. The molecule has 0 aromatic heterocycles. The summed E-state index contributed by atoms with van der Waals surface area (Å²) < 4.78 is 5.97. The van der Waals surface area contributed by atoms with Crippen molar-refractivity contribution in [3.63, 3.8) is 0 Å². The van der Waals surface area contributed by atoms with Gasteiger partial charge >= 0.3 is 5.97 Å². The molecule has 7 rings (SSSR count). The van der Waals surface area contributed by atoms with E-state index < -0.39 is 5.97 Å². The van der Waals surface area contributed by atoms with Crippen molar-refractivity contribution < 1.29 is 14.6 Å². The van der Waals surface area contributed by atoms with Gasteiger partial charge in [0.1, 0.15) is 5.75 Å². The van der Waals surface area contributed by atoms with Crippen molar-refractivity contribution in [3.8, 4) is 16.9 Å². The predicted octanol–water partition coefficient (Wildman–Crippen LogP) is 7.85. The number of carbonyl (C=O) groups is 1. The van der Waals surface area contributed by atoms with E-state index in [-0.39, 0.29) is 5.41 Å². The van der Waals surface area contributed by atoms with Crippen molar-refractivity contribution in [2.75, 3.05) is 7.11 Å². The molecule has 3 aromatic carbocycles. The Balaban J connectivity index is 1.46. The fourth-order valence-electron chi connectivity index (χ4n) is 9.44. The van der Waals surface area contributed by atoms with Crippen molar-refractivity contribution in [1.29, 1.82) is 0 Å². The third kappa shape index (κ3) is 3.27. The molecule has 0 atom stereocenters. The normalized spacial score (nSPS) is 33.9. The third-order valence-corrected chi connectivity index (χ3v) is 9.05. The topological polar surface area (TPSA) is 46.5 Å². The van der Waals surface area contributed by atoms with E-state index in [1.165, 1.54) is 49.7 Å². The van der Waals surface area contributed by atoms with Gasteiger partial charge in [-0.1, -0.05) is 45.0 Å². The van der Waals surface area contributed by atoms with Crippen LogP contribution in [0.15, 0.2) is 54.6 Å². The molecule has 4 bridgehead atoms. The van der Waals surface area contributed by atoms with Crippen molar-refractivity contribution in [2.45, 2.75) is 64.7 Å². The Morgan fingerprint density at radius 2 is 1.26 bits per heavy atom. The largest absolute Gasteiger partial charge is 0.496 e. The molecule has 3 heteroatoms. The number of rotatable bonds is 4. The smallest absolute Gasteiger partial charge is 0.335 e. The Morgan fingerprint density at radius 3 is 1.85 bits per heavy atom. The highest BCUT2D eigenvalue weighted by molar-refractivity contribution is 5.95. The molecule has 0 aliphatic heterocycles. The van der Waals surface area contributed by atoms with Crippen LogP contribution in [0.3, 0.4) is 0 Å². The number of methoxy groups -OCH3 is 1. The van der Waals surface area contributed by atoms with E-state index in [9.17, 15) is 9.90 Å². The van der Waals surface area contributed by atoms with Crippen LogP contribution >= 0.6 is 0 Å². The zero-order valence-electron chi connectivity index (χ0n) is 20.7. The standard InChI is InChI=1S/C31H34O3/c1-28-14-29(2)16-30(3,15-28)19-31(17-28,18-29)25-13-23(9-10-26(25)34-4)21-5-6-22-12-24(27(32)33)8-7-20(22)11-21/h5-13H,14-19H2,1-4H3,(H,32,33). The van der Waals surface area contributed by atoms with Crippen molar-refractivity contribution in [3.05, 3.63) is 65.7 Å². The van der Waals surface area contributed by atoms with Gasteiger partial charge in [-0.3, -0.25) is 0 Å². The number of fused-ring (bicyclic) bond motifs is 1. The average molecular weight is 455 g/mol. The summed E-state index contributed by atoms with van der Waals surface area (Å²) in [7, 11) is 1.81. The summed E-state index contributed by atoms with van der Waals surface area (Å²) in [6, 6.07) is 18.4. The predicted molar refractivity (Wildman–Crippen MR) is 137 cm³/mol. The Hall–Kier alpha value is -2.81. The summed E-state index contributed by atoms with van der Waals surface area (Å²) in [4.78, 5) is 11.3. The monoisotopic (exact) mass is 454 g/mol. The first-order valence-electron chi connectivity index (χ1n) is 12.5. The Labute approximate surface area is 202 Å². The first-order chi connectivity index (χ1) is 16.0. The Bertz CT molecular complexity index is 1280. The fraction of sp³-hybridized carbons (Fsp3) is 0.452. The number of aromatic carboxylic acids is 1. The SMILES string of the molecule is COc1ccc(-c2ccc3cc(C(=O)O)ccc3c2)cc1C12CC3(C)CC(C)(CC(C)(C3)C1)C2. The van der Waals surface area contributed by atoms with E-state index >= 15 is 0 Å². The van der Waals surface area contributed by atoms with E-state index in [0.717, 1.165) is 22.1 Å². The van der Waals surface area contributed by atoms with Crippen molar-refractivity contribution in [1.82, 2.24) is 0 Å². The lowest BCUT2D eigenvalue weighted by Crippen LogP contribution is -2.60. The summed E-state index contributed by atoms with van der Waals surface area (Å²) in [6.07, 6.45) is 7.80. The third-order valence-electron chi connectivity index (χ3n) is 9.05. The number of hydrogen-bond donors (Lipinski definition) is 1. The fourth-order valence-corrected chi connectivity index (χ4v) is 9.44. The second kappa shape index (κ2) is 6.87. The molecule has 4 aliphatic carbocycles. The first-order valence-corrected chi connectivity index (χ1v) is 12.5. The summed E-state index contributed by atoms with van der Waals surface area (Å²) >= 11 is 0. The lowest BCUT2D eigenvalue weighted by Gasteiger charge is -2.69. The maximum absolute atomic E-state index is 11.3. The molecule has 3 aromatic rings. The van der Waals surface area contributed by atoms with Crippen LogP contribution in [0.25, 0.3) is 21.9 Å². The molecule has 0 spiro atoms. The molecule has 4 aliphatic rings. The van der Waals surface area contributed by atoms with E-state index in [4.69, 9.17) is 4.74 Å². The van der Waals surface area contributed by atoms with E-state index in [1.807, 2.05) is 12.1 Å². The van der Waals surface area contributed by atoms with Gasteiger partial charge in [-0.25, -0.2) is 4.79 Å². The minimum atomic E-state index is -0.891. The minimum absolute atomic E-state index is 0.168. The quantitative estimate of drug-likeness (QED) is 0.436. The van der Waals surface area contributed by atoms with Crippen LogP contribution in [-0.4, -0.2) is 18.2 Å². The second-order valence-electron chi connectivity index (χ2n) is 12.8. The van der Waals surface area contributed by atoms with Crippen LogP contribution in [0.4, 0.5) is 0 Å². The molecule has 1 N–H and O–H groups in total. The summed E-state index contributed by atoms with van der Waals surface area (Å²) in [5, 5.41) is 11.3. The maximum atomic E-state index is 11.3. The van der Waals surface area contributed by atoms with Gasteiger partial charge in [-0.15, -0.1) is 0 Å². The molecule has 0 radical (unpaired) electrons. The Kier molecular flexibility index (Phi) is 4.39. The van der Waals surface area contributed by atoms with Gasteiger partial charge in [0.15, 0.2) is 0 Å². The number of hydrogen-bond acceptors (Lipinski definition) is 2. The van der Waals surface area contributed by atoms with Crippen LogP contribution in [0.1, 0.15) is 75.2 Å². The highest BCUT2D eigenvalue weighted by Gasteiger charge is 2.64. The van der Waals surface area contributed by atoms with Crippen LogP contribution < -0.4 is 4.74 Å². The number of carboxylic acids is 1. The highest BCUT2D eigenvalue weighted by atomic mass is 16.5. The van der Waals surface area contributed by atoms with Gasteiger partial charge < -0.3 is 9.84 Å². The molecule has 176 valence electrons. The highest BCUT2D eigenvalue weighted by Crippen LogP contribution is 2.74. The van der Waals surface area contributed by atoms with Crippen LogP contribution in [-0.2, 0) is 5.41 Å². The average Bonchev–Trinajstić information content (AvgIpc) is 2.74. The van der Waals surface area contributed by atoms with Gasteiger partial charge in [-0.2, -0.15) is 0 Å². The van der Waals surface area contributed by atoms with Gasteiger partial charge in [0.05, 0.1) is 12.7 Å². The van der Waals surface area contributed by atoms with Crippen molar-refractivity contribution >= 4 is 16.7 Å². The van der Waals surface area contributed by atoms with Crippen LogP contribution in [0.2, 0.25) is 0 Å². The number of ether oxygens (including phenoxy) is 1. The number of carboxylic acid groups (broad SMARTS) is 1. The lowest BCUT2D eigenvalue weighted by molar-refractivity contribution is -0.152. The zero-order chi connectivity index (χ0) is 23.9. The molecular formula is C31H34O3. The van der Waals surface area contributed by atoms with Crippen LogP contribution in [0.5, 0.6) is 5.75 Å². The molecule has 0 unspecified atom stereocenters. The minimum Gasteiger partial charge on any atom is -0.496 e. The van der Waals surface area contributed by atoms with E-state index in [0.29, 0.717) is 21.8 Å². The molecule has 0 heterocycles. The van der Waals surface area contributed by atoms with Crippen molar-refractivity contribution in [2.24, 2.45) is 16.2 Å². The van der Waals surface area contributed by atoms with Gasteiger partial charge in [0.25, 0.3) is 0 Å². The molecular weight excluding hydrogens is 420 g/mol. The molecule has 0 amide bonds. The maximum Gasteiger partial charge on any atom is 0.335 e. The van der Waals surface area contributed by atoms with Gasteiger partial charge in [-0.05, 0) is 107 Å².